The van der Waals surface area contributed by atoms with E-state index in [9.17, 15) is 4.79 Å². The van der Waals surface area contributed by atoms with Gasteiger partial charge in [-0.2, -0.15) is 0 Å². The van der Waals surface area contributed by atoms with Crippen LogP contribution in [0.2, 0.25) is 0 Å². The smallest absolute Gasteiger partial charge is 0.226 e. The van der Waals surface area contributed by atoms with E-state index in [-0.39, 0.29) is 5.91 Å². The molecule has 2 rings (SSSR count). The van der Waals surface area contributed by atoms with E-state index in [1.165, 1.54) is 0 Å². The molecule has 2 aromatic rings. The Labute approximate surface area is 154 Å². The van der Waals surface area contributed by atoms with E-state index in [1.807, 2.05) is 54.6 Å². The van der Waals surface area contributed by atoms with Gasteiger partial charge in [0.05, 0.1) is 6.61 Å². The standard InChI is InChI=1S/C20H24N2O2S/c1-15(2)14-24-18-11-9-17(10-12-18)21-20(25)22-19(23)13-8-16-6-4-3-5-7-16/h3-7,9-12,15H,8,13-14H2,1-2H3,(H2,21,22,23,25). The fraction of sp³-hybridized carbons (Fsp3) is 0.300. The molecule has 0 fully saturated rings. The van der Waals surface area contributed by atoms with Crippen molar-refractivity contribution in [3.63, 3.8) is 0 Å². The minimum Gasteiger partial charge on any atom is -0.493 e. The molecule has 5 heteroatoms. The van der Waals surface area contributed by atoms with Crippen LogP contribution in [0.25, 0.3) is 0 Å². The number of thiocarbonyl (C=S) groups is 1. The van der Waals surface area contributed by atoms with Crippen LogP contribution in [0.3, 0.4) is 0 Å². The van der Waals surface area contributed by atoms with Crippen molar-refractivity contribution in [3.05, 3.63) is 60.2 Å². The van der Waals surface area contributed by atoms with E-state index in [2.05, 4.69) is 24.5 Å². The molecule has 2 N–H and O–H groups in total. The lowest BCUT2D eigenvalue weighted by atomic mass is 10.1. The Kier molecular flexibility index (Phi) is 7.41. The predicted octanol–water partition coefficient (Wildman–Crippen LogP) is 4.17. The number of aryl methyl sites for hydroxylation is 1. The summed E-state index contributed by atoms with van der Waals surface area (Å²) < 4.78 is 5.64. The van der Waals surface area contributed by atoms with Gasteiger partial charge in [0, 0.05) is 12.1 Å². The molecule has 0 unspecified atom stereocenters. The summed E-state index contributed by atoms with van der Waals surface area (Å²) in [6, 6.07) is 17.4. The summed E-state index contributed by atoms with van der Waals surface area (Å²) in [5.74, 6) is 1.20. The van der Waals surface area contributed by atoms with Crippen LogP contribution in [-0.4, -0.2) is 17.6 Å². The van der Waals surface area contributed by atoms with Crippen molar-refractivity contribution in [2.45, 2.75) is 26.7 Å². The van der Waals surface area contributed by atoms with E-state index in [0.29, 0.717) is 30.5 Å². The molecule has 0 atom stereocenters. The van der Waals surface area contributed by atoms with Crippen LogP contribution in [0.4, 0.5) is 5.69 Å². The maximum Gasteiger partial charge on any atom is 0.226 e. The average molecular weight is 356 g/mol. The molecule has 0 aliphatic heterocycles. The number of carbonyl (C=O) groups excluding carboxylic acids is 1. The second-order valence-corrected chi connectivity index (χ2v) is 6.63. The molecular weight excluding hydrogens is 332 g/mol. The van der Waals surface area contributed by atoms with Crippen LogP contribution < -0.4 is 15.4 Å². The second kappa shape index (κ2) is 9.79. The average Bonchev–Trinajstić information content (AvgIpc) is 2.60. The Balaban J connectivity index is 1.74. The van der Waals surface area contributed by atoms with E-state index < -0.39 is 0 Å². The summed E-state index contributed by atoms with van der Waals surface area (Å²) in [7, 11) is 0. The quantitative estimate of drug-likeness (QED) is 0.731. The summed E-state index contributed by atoms with van der Waals surface area (Å²) in [6.45, 7) is 4.90. The van der Waals surface area contributed by atoms with Crippen molar-refractivity contribution >= 4 is 28.9 Å². The zero-order valence-electron chi connectivity index (χ0n) is 14.6. The maximum atomic E-state index is 12.0. The highest BCUT2D eigenvalue weighted by Gasteiger charge is 2.06. The first-order valence-electron chi connectivity index (χ1n) is 8.40. The summed E-state index contributed by atoms with van der Waals surface area (Å²) in [6.07, 6.45) is 1.09. The Morgan fingerprint density at radius 3 is 2.40 bits per heavy atom. The highest BCUT2D eigenvalue weighted by atomic mass is 32.1. The Morgan fingerprint density at radius 2 is 1.76 bits per heavy atom. The van der Waals surface area contributed by atoms with E-state index in [4.69, 9.17) is 17.0 Å². The van der Waals surface area contributed by atoms with Gasteiger partial charge in [0.15, 0.2) is 5.11 Å². The van der Waals surface area contributed by atoms with Crippen molar-refractivity contribution < 1.29 is 9.53 Å². The molecule has 0 aliphatic carbocycles. The number of amides is 1. The summed E-state index contributed by atoms with van der Waals surface area (Å²) in [5.41, 5.74) is 1.94. The lowest BCUT2D eigenvalue weighted by molar-refractivity contribution is -0.119. The van der Waals surface area contributed by atoms with Gasteiger partial charge in [-0.25, -0.2) is 0 Å². The molecule has 2 aromatic carbocycles. The number of benzene rings is 2. The predicted molar refractivity (Wildman–Crippen MR) is 106 cm³/mol. The van der Waals surface area contributed by atoms with Gasteiger partial charge < -0.3 is 15.4 Å². The first kappa shape index (κ1) is 18.9. The van der Waals surface area contributed by atoms with E-state index >= 15 is 0 Å². The number of carbonyl (C=O) groups is 1. The van der Waals surface area contributed by atoms with Crippen LogP contribution in [-0.2, 0) is 11.2 Å². The van der Waals surface area contributed by atoms with Gasteiger partial charge in [0.1, 0.15) is 5.75 Å². The van der Waals surface area contributed by atoms with Crippen molar-refractivity contribution in [2.75, 3.05) is 11.9 Å². The highest BCUT2D eigenvalue weighted by molar-refractivity contribution is 7.80. The molecule has 0 saturated carbocycles. The van der Waals surface area contributed by atoms with Crippen LogP contribution in [0.5, 0.6) is 5.75 Å². The SMILES string of the molecule is CC(C)COc1ccc(NC(=S)NC(=O)CCc2ccccc2)cc1. The van der Waals surface area contributed by atoms with Crippen molar-refractivity contribution in [3.8, 4) is 5.75 Å². The number of nitrogens with one attached hydrogen (secondary N) is 2. The summed E-state index contributed by atoms with van der Waals surface area (Å²) in [5, 5.41) is 6.01. The third-order valence-corrected chi connectivity index (χ3v) is 3.64. The minimum absolute atomic E-state index is 0.0989. The lowest BCUT2D eigenvalue weighted by Crippen LogP contribution is -2.34. The number of hydrogen-bond donors (Lipinski definition) is 2. The molecule has 25 heavy (non-hydrogen) atoms. The summed E-state index contributed by atoms with van der Waals surface area (Å²) >= 11 is 5.19. The Morgan fingerprint density at radius 1 is 1.08 bits per heavy atom. The third kappa shape index (κ3) is 7.35. The van der Waals surface area contributed by atoms with Crippen LogP contribution in [0, 0.1) is 5.92 Å². The van der Waals surface area contributed by atoms with Gasteiger partial charge in [-0.1, -0.05) is 44.2 Å². The van der Waals surface area contributed by atoms with Crippen LogP contribution in [0.15, 0.2) is 54.6 Å². The fourth-order valence-electron chi connectivity index (χ4n) is 2.15. The number of hydrogen-bond acceptors (Lipinski definition) is 3. The Bertz CT molecular complexity index is 685. The van der Waals surface area contributed by atoms with Gasteiger partial charge in [-0.15, -0.1) is 0 Å². The molecule has 1 amide bonds. The van der Waals surface area contributed by atoms with Gasteiger partial charge in [-0.05, 0) is 54.4 Å². The zero-order valence-corrected chi connectivity index (χ0v) is 15.4. The molecule has 0 bridgehead atoms. The first-order valence-corrected chi connectivity index (χ1v) is 8.81. The molecule has 4 nitrogen and oxygen atoms in total. The Hall–Kier alpha value is -2.40. The van der Waals surface area contributed by atoms with Gasteiger partial charge in [0.25, 0.3) is 0 Å². The van der Waals surface area contributed by atoms with Gasteiger partial charge in [-0.3, -0.25) is 4.79 Å². The third-order valence-electron chi connectivity index (χ3n) is 3.43. The molecular formula is C20H24N2O2S. The van der Waals surface area contributed by atoms with E-state index in [1.54, 1.807) is 0 Å². The van der Waals surface area contributed by atoms with Crippen molar-refractivity contribution in [1.82, 2.24) is 5.32 Å². The largest absolute Gasteiger partial charge is 0.493 e. The molecule has 0 saturated heterocycles. The topological polar surface area (TPSA) is 50.4 Å². The number of anilines is 1. The van der Waals surface area contributed by atoms with Crippen molar-refractivity contribution in [2.24, 2.45) is 5.92 Å². The fourth-order valence-corrected chi connectivity index (χ4v) is 2.38. The van der Waals surface area contributed by atoms with Crippen LogP contribution in [0.1, 0.15) is 25.8 Å². The highest BCUT2D eigenvalue weighted by Crippen LogP contribution is 2.16. The van der Waals surface area contributed by atoms with Gasteiger partial charge >= 0.3 is 0 Å². The molecule has 0 radical (unpaired) electrons. The van der Waals surface area contributed by atoms with Crippen LogP contribution >= 0.6 is 12.2 Å². The summed E-state index contributed by atoms with van der Waals surface area (Å²) in [4.78, 5) is 12.0. The maximum absolute atomic E-state index is 12.0. The van der Waals surface area contributed by atoms with Gasteiger partial charge in [0.2, 0.25) is 5.91 Å². The minimum atomic E-state index is -0.0989. The van der Waals surface area contributed by atoms with E-state index in [0.717, 1.165) is 17.0 Å². The lowest BCUT2D eigenvalue weighted by Gasteiger charge is -2.11. The second-order valence-electron chi connectivity index (χ2n) is 6.22. The van der Waals surface area contributed by atoms with Crippen molar-refractivity contribution in [1.29, 1.82) is 0 Å². The normalized spacial score (nSPS) is 10.4. The molecule has 0 heterocycles. The molecule has 0 aromatic heterocycles. The molecule has 132 valence electrons. The first-order chi connectivity index (χ1) is 12.0. The molecule has 0 aliphatic rings. The zero-order chi connectivity index (χ0) is 18.1. The monoisotopic (exact) mass is 356 g/mol. The number of ether oxygens (including phenoxy) is 1. The number of rotatable bonds is 7. The molecule has 0 spiro atoms.